The fraction of sp³-hybridized carbons (Fsp3) is 0.500. The summed E-state index contributed by atoms with van der Waals surface area (Å²) in [6, 6.07) is 6.11. The predicted molar refractivity (Wildman–Crippen MR) is 124 cm³/mol. The Balaban J connectivity index is 1.70. The molecule has 0 atom stereocenters. The van der Waals surface area contributed by atoms with Crippen LogP contribution in [0.3, 0.4) is 0 Å². The first kappa shape index (κ1) is 24.4. The average molecular weight is 458 g/mol. The van der Waals surface area contributed by atoms with Gasteiger partial charge in [0.2, 0.25) is 5.78 Å². The van der Waals surface area contributed by atoms with Gasteiger partial charge in [0.25, 0.3) is 5.69 Å². The van der Waals surface area contributed by atoms with E-state index in [0.29, 0.717) is 30.3 Å². The SMILES string of the molecule is COCCn1c(C)cc(C(=O)COC(=O)c2ccc(N3CCC(C)CC3)c([N+](=O)[O-])c2)c1C. The average Bonchev–Trinajstić information content (AvgIpc) is 3.09. The number of Topliss-reactive ketones (excluding diaryl/α,β-unsaturated/α-hetero) is 1. The van der Waals surface area contributed by atoms with E-state index in [1.54, 1.807) is 19.2 Å². The number of nitrogens with zero attached hydrogens (tertiary/aromatic N) is 3. The van der Waals surface area contributed by atoms with Crippen molar-refractivity contribution in [1.82, 2.24) is 4.57 Å². The minimum Gasteiger partial charge on any atom is -0.454 e. The van der Waals surface area contributed by atoms with Gasteiger partial charge >= 0.3 is 5.97 Å². The number of rotatable bonds is 9. The highest BCUT2D eigenvalue weighted by molar-refractivity contribution is 6.00. The molecule has 2 aromatic rings. The van der Waals surface area contributed by atoms with Gasteiger partial charge < -0.3 is 18.9 Å². The van der Waals surface area contributed by atoms with Crippen LogP contribution in [0.2, 0.25) is 0 Å². The first-order valence-electron chi connectivity index (χ1n) is 11.1. The molecule has 0 unspecified atom stereocenters. The summed E-state index contributed by atoms with van der Waals surface area (Å²) in [4.78, 5) is 38.4. The van der Waals surface area contributed by atoms with Gasteiger partial charge in [0.15, 0.2) is 6.61 Å². The third-order valence-electron chi connectivity index (χ3n) is 6.26. The number of aromatic nitrogens is 1. The molecule has 9 nitrogen and oxygen atoms in total. The molecule has 1 aromatic carbocycles. The molecule has 2 heterocycles. The van der Waals surface area contributed by atoms with Crippen LogP contribution >= 0.6 is 0 Å². The van der Waals surface area contributed by atoms with E-state index in [2.05, 4.69) is 6.92 Å². The van der Waals surface area contributed by atoms with Crippen molar-refractivity contribution in [3.8, 4) is 0 Å². The Morgan fingerprint density at radius 3 is 2.52 bits per heavy atom. The van der Waals surface area contributed by atoms with Crippen LogP contribution in [0.15, 0.2) is 24.3 Å². The van der Waals surface area contributed by atoms with E-state index in [1.165, 1.54) is 12.1 Å². The molecule has 178 valence electrons. The number of hydrogen-bond donors (Lipinski definition) is 0. The van der Waals surface area contributed by atoms with Crippen LogP contribution in [0.1, 0.15) is 51.9 Å². The van der Waals surface area contributed by atoms with Crippen molar-refractivity contribution < 1.29 is 24.0 Å². The van der Waals surface area contributed by atoms with Crippen LogP contribution < -0.4 is 4.90 Å². The lowest BCUT2D eigenvalue weighted by atomic mass is 9.98. The van der Waals surface area contributed by atoms with Crippen molar-refractivity contribution in [2.45, 2.75) is 40.2 Å². The van der Waals surface area contributed by atoms with Crippen molar-refractivity contribution >= 4 is 23.1 Å². The number of piperidine rings is 1. The van der Waals surface area contributed by atoms with Crippen molar-refractivity contribution in [2.24, 2.45) is 5.92 Å². The number of aryl methyl sites for hydroxylation is 1. The number of anilines is 1. The number of esters is 1. The molecule has 0 saturated carbocycles. The second-order valence-electron chi connectivity index (χ2n) is 8.56. The lowest BCUT2D eigenvalue weighted by Gasteiger charge is -2.31. The maximum absolute atomic E-state index is 12.7. The summed E-state index contributed by atoms with van der Waals surface area (Å²) in [6.07, 6.45) is 1.93. The number of ketones is 1. The van der Waals surface area contributed by atoms with Gasteiger partial charge in [-0.2, -0.15) is 0 Å². The van der Waals surface area contributed by atoms with Crippen molar-refractivity contribution in [1.29, 1.82) is 0 Å². The molecule has 0 aliphatic carbocycles. The number of ether oxygens (including phenoxy) is 2. The van der Waals surface area contributed by atoms with Gasteiger partial charge in [-0.3, -0.25) is 14.9 Å². The zero-order valence-corrected chi connectivity index (χ0v) is 19.6. The normalized spacial score (nSPS) is 14.4. The molecular weight excluding hydrogens is 426 g/mol. The molecule has 1 fully saturated rings. The third kappa shape index (κ3) is 5.60. The predicted octanol–water partition coefficient (Wildman–Crippen LogP) is 3.94. The van der Waals surface area contributed by atoms with Crippen LogP contribution in [0.5, 0.6) is 0 Å². The number of carbonyl (C=O) groups is 2. The van der Waals surface area contributed by atoms with Gasteiger partial charge in [-0.15, -0.1) is 0 Å². The molecule has 0 bridgehead atoms. The number of nitro groups is 1. The highest BCUT2D eigenvalue weighted by Gasteiger charge is 2.25. The van der Waals surface area contributed by atoms with E-state index < -0.39 is 17.5 Å². The Morgan fingerprint density at radius 1 is 1.18 bits per heavy atom. The molecule has 0 amide bonds. The molecule has 0 radical (unpaired) electrons. The van der Waals surface area contributed by atoms with Gasteiger partial charge in [-0.25, -0.2) is 4.79 Å². The van der Waals surface area contributed by atoms with Crippen LogP contribution in [0.25, 0.3) is 0 Å². The first-order chi connectivity index (χ1) is 15.7. The summed E-state index contributed by atoms with van der Waals surface area (Å²) in [5.74, 6) is -0.497. The summed E-state index contributed by atoms with van der Waals surface area (Å²) in [5, 5.41) is 11.7. The highest BCUT2D eigenvalue weighted by atomic mass is 16.6. The molecule has 9 heteroatoms. The summed E-state index contributed by atoms with van der Waals surface area (Å²) < 4.78 is 12.3. The van der Waals surface area contributed by atoms with Crippen LogP contribution in [-0.2, 0) is 16.0 Å². The Kier molecular flexibility index (Phi) is 7.86. The zero-order valence-electron chi connectivity index (χ0n) is 19.6. The molecule has 3 rings (SSSR count). The van der Waals surface area contributed by atoms with Gasteiger partial charge in [0, 0.05) is 49.8 Å². The van der Waals surface area contributed by atoms with Gasteiger partial charge in [0.1, 0.15) is 5.69 Å². The zero-order chi connectivity index (χ0) is 24.1. The van der Waals surface area contributed by atoms with E-state index in [1.807, 2.05) is 23.3 Å². The molecule has 1 saturated heterocycles. The van der Waals surface area contributed by atoms with Crippen LogP contribution in [0, 0.1) is 29.9 Å². The fourth-order valence-corrected chi connectivity index (χ4v) is 4.22. The molecule has 1 aliphatic rings. The number of benzene rings is 1. The monoisotopic (exact) mass is 457 g/mol. The largest absolute Gasteiger partial charge is 0.454 e. The quantitative estimate of drug-likeness (QED) is 0.243. The van der Waals surface area contributed by atoms with Gasteiger partial charge in [-0.05, 0) is 50.8 Å². The van der Waals surface area contributed by atoms with Crippen molar-refractivity contribution in [3.63, 3.8) is 0 Å². The molecule has 1 aliphatic heterocycles. The number of hydrogen-bond acceptors (Lipinski definition) is 7. The minimum absolute atomic E-state index is 0.0502. The fourth-order valence-electron chi connectivity index (χ4n) is 4.22. The number of nitro benzene ring substituents is 1. The molecule has 0 spiro atoms. The van der Waals surface area contributed by atoms with Crippen molar-refractivity contribution in [2.75, 3.05) is 38.3 Å². The lowest BCUT2D eigenvalue weighted by molar-refractivity contribution is -0.384. The Morgan fingerprint density at radius 2 is 1.88 bits per heavy atom. The minimum atomic E-state index is -0.765. The standard InChI is InChI=1S/C24H31N3O6/c1-16-7-9-25(10-8-16)21-6-5-19(14-22(21)27(30)31)24(29)33-15-23(28)20-13-17(2)26(18(20)3)11-12-32-4/h5-6,13-14,16H,7-12,15H2,1-4H3. The van der Waals surface area contributed by atoms with Crippen LogP contribution in [0.4, 0.5) is 11.4 Å². The lowest BCUT2D eigenvalue weighted by Crippen LogP contribution is -2.33. The number of carbonyl (C=O) groups excluding carboxylic acids is 2. The maximum atomic E-state index is 12.7. The van der Waals surface area contributed by atoms with E-state index in [0.717, 1.165) is 37.3 Å². The summed E-state index contributed by atoms with van der Waals surface area (Å²) in [6.45, 7) is 8.08. The Hall–Kier alpha value is -3.20. The Bertz CT molecular complexity index is 1040. The molecule has 1 aromatic heterocycles. The third-order valence-corrected chi connectivity index (χ3v) is 6.26. The molecule has 0 N–H and O–H groups in total. The van der Waals surface area contributed by atoms with E-state index in [9.17, 15) is 19.7 Å². The van der Waals surface area contributed by atoms with Crippen LogP contribution in [-0.4, -0.2) is 54.7 Å². The topological polar surface area (TPSA) is 104 Å². The molecular formula is C24H31N3O6. The second-order valence-corrected chi connectivity index (χ2v) is 8.56. The van der Waals surface area contributed by atoms with E-state index >= 15 is 0 Å². The summed E-state index contributed by atoms with van der Waals surface area (Å²) >= 11 is 0. The first-order valence-corrected chi connectivity index (χ1v) is 11.1. The van der Waals surface area contributed by atoms with Gasteiger partial charge in [-0.1, -0.05) is 6.92 Å². The van der Waals surface area contributed by atoms with E-state index in [4.69, 9.17) is 9.47 Å². The Labute approximate surface area is 193 Å². The van der Waals surface area contributed by atoms with Gasteiger partial charge in [0.05, 0.1) is 17.1 Å². The summed E-state index contributed by atoms with van der Waals surface area (Å²) in [7, 11) is 1.61. The number of methoxy groups -OCH3 is 1. The smallest absolute Gasteiger partial charge is 0.338 e. The van der Waals surface area contributed by atoms with Crippen molar-refractivity contribution in [3.05, 3.63) is 56.9 Å². The van der Waals surface area contributed by atoms with E-state index in [-0.39, 0.29) is 17.0 Å². The molecule has 33 heavy (non-hydrogen) atoms. The second kappa shape index (κ2) is 10.6. The maximum Gasteiger partial charge on any atom is 0.338 e. The highest BCUT2D eigenvalue weighted by Crippen LogP contribution is 2.32. The summed E-state index contributed by atoms with van der Waals surface area (Å²) in [5.41, 5.74) is 2.60.